The van der Waals surface area contributed by atoms with Crippen LogP contribution in [0.25, 0.3) is 0 Å². The van der Waals surface area contributed by atoms with E-state index in [4.69, 9.17) is 9.47 Å². The van der Waals surface area contributed by atoms with E-state index in [2.05, 4.69) is 4.90 Å². The zero-order chi connectivity index (χ0) is 16.7. The first-order valence-electron chi connectivity index (χ1n) is 7.62. The zero-order valence-electron chi connectivity index (χ0n) is 13.9. The van der Waals surface area contributed by atoms with Crippen LogP contribution in [0.15, 0.2) is 48.5 Å². The first-order valence-corrected chi connectivity index (χ1v) is 7.62. The molecule has 4 nitrogen and oxygen atoms in total. The molecule has 0 spiro atoms. The third-order valence-electron chi connectivity index (χ3n) is 3.51. The molecule has 0 heterocycles. The smallest absolute Gasteiger partial charge is 0.167 e. The van der Waals surface area contributed by atoms with Gasteiger partial charge >= 0.3 is 0 Å². The monoisotopic (exact) mass is 313 g/mol. The highest BCUT2D eigenvalue weighted by Gasteiger charge is 2.07. The average Bonchev–Trinajstić information content (AvgIpc) is 2.56. The molecule has 2 rings (SSSR count). The summed E-state index contributed by atoms with van der Waals surface area (Å²) in [5, 5.41) is 0. The third-order valence-corrected chi connectivity index (χ3v) is 3.51. The molecule has 4 heteroatoms. The topological polar surface area (TPSA) is 38.8 Å². The molecule has 0 aliphatic carbocycles. The van der Waals surface area contributed by atoms with E-state index in [1.807, 2.05) is 62.6 Å². The summed E-state index contributed by atoms with van der Waals surface area (Å²) in [5.74, 6) is 1.67. The molecule has 0 saturated heterocycles. The van der Waals surface area contributed by atoms with Crippen molar-refractivity contribution in [1.29, 1.82) is 0 Å². The summed E-state index contributed by atoms with van der Waals surface area (Å²) in [6.07, 6.45) is 0.380. The van der Waals surface area contributed by atoms with Gasteiger partial charge in [0.1, 0.15) is 18.1 Å². The maximum absolute atomic E-state index is 12.3. The lowest BCUT2D eigenvalue weighted by molar-refractivity contribution is 0.0993. The second-order valence-corrected chi connectivity index (χ2v) is 5.62. The van der Waals surface area contributed by atoms with E-state index >= 15 is 0 Å². The fourth-order valence-corrected chi connectivity index (χ4v) is 2.11. The second kappa shape index (κ2) is 8.34. The summed E-state index contributed by atoms with van der Waals surface area (Å²) in [7, 11) is 5.64. The SMILES string of the molecule is COc1ccc(CC(=O)c2ccc(OCCN(C)C)cc2)cc1. The van der Waals surface area contributed by atoms with Crippen molar-refractivity contribution in [3.8, 4) is 11.5 Å². The Morgan fingerprint density at radius 1 is 0.957 bits per heavy atom. The Hall–Kier alpha value is -2.33. The minimum absolute atomic E-state index is 0.0926. The van der Waals surface area contributed by atoms with E-state index < -0.39 is 0 Å². The number of hydrogen-bond donors (Lipinski definition) is 0. The maximum atomic E-state index is 12.3. The van der Waals surface area contributed by atoms with Crippen molar-refractivity contribution in [2.75, 3.05) is 34.4 Å². The number of methoxy groups -OCH3 is 1. The molecular formula is C19H23NO3. The van der Waals surface area contributed by atoms with E-state index in [0.29, 0.717) is 18.6 Å². The van der Waals surface area contributed by atoms with Gasteiger partial charge in [-0.1, -0.05) is 12.1 Å². The fraction of sp³-hybridized carbons (Fsp3) is 0.316. The summed E-state index contributed by atoms with van der Waals surface area (Å²) in [5.41, 5.74) is 1.67. The Balaban J connectivity index is 1.91. The first kappa shape index (κ1) is 17.0. The Morgan fingerprint density at radius 3 is 2.13 bits per heavy atom. The molecule has 0 bridgehead atoms. The highest BCUT2D eigenvalue weighted by atomic mass is 16.5. The summed E-state index contributed by atoms with van der Waals surface area (Å²) in [4.78, 5) is 14.4. The van der Waals surface area contributed by atoms with Gasteiger partial charge in [-0.25, -0.2) is 0 Å². The molecule has 0 aliphatic rings. The molecule has 2 aromatic carbocycles. The van der Waals surface area contributed by atoms with Crippen LogP contribution >= 0.6 is 0 Å². The zero-order valence-corrected chi connectivity index (χ0v) is 13.9. The molecule has 0 aromatic heterocycles. The van der Waals surface area contributed by atoms with E-state index in [1.165, 1.54) is 0 Å². The normalized spacial score (nSPS) is 10.6. The summed E-state index contributed by atoms with van der Waals surface area (Å²) < 4.78 is 10.7. The van der Waals surface area contributed by atoms with E-state index in [1.54, 1.807) is 7.11 Å². The number of likely N-dealkylation sites (N-methyl/N-ethyl adjacent to an activating group) is 1. The quantitative estimate of drug-likeness (QED) is 0.702. The Bertz CT molecular complexity index is 618. The second-order valence-electron chi connectivity index (χ2n) is 5.62. The largest absolute Gasteiger partial charge is 0.497 e. The summed E-state index contributed by atoms with van der Waals surface area (Å²) in [6.45, 7) is 1.49. The number of rotatable bonds is 8. The molecule has 0 atom stereocenters. The number of ether oxygens (including phenoxy) is 2. The van der Waals surface area contributed by atoms with Crippen LogP contribution in [0.2, 0.25) is 0 Å². The summed E-state index contributed by atoms with van der Waals surface area (Å²) in [6, 6.07) is 14.9. The van der Waals surface area contributed by atoms with Gasteiger partial charge in [0, 0.05) is 18.5 Å². The molecule has 0 N–H and O–H groups in total. The molecule has 0 fully saturated rings. The van der Waals surface area contributed by atoms with Gasteiger partial charge in [-0.05, 0) is 56.1 Å². The standard InChI is InChI=1S/C19H23NO3/c1-20(2)12-13-23-18-10-6-16(7-11-18)19(21)14-15-4-8-17(22-3)9-5-15/h4-11H,12-14H2,1-3H3. The lowest BCUT2D eigenvalue weighted by Gasteiger charge is -2.11. The molecule has 0 saturated carbocycles. The van der Waals surface area contributed by atoms with E-state index in [0.717, 1.165) is 23.6 Å². The van der Waals surface area contributed by atoms with Crippen molar-refractivity contribution in [3.05, 3.63) is 59.7 Å². The Morgan fingerprint density at radius 2 is 1.57 bits per heavy atom. The highest BCUT2D eigenvalue weighted by molar-refractivity contribution is 5.97. The molecule has 0 unspecified atom stereocenters. The Labute approximate surface area is 137 Å². The third kappa shape index (κ3) is 5.42. The predicted molar refractivity (Wildman–Crippen MR) is 91.5 cm³/mol. The number of ketones is 1. The van der Waals surface area contributed by atoms with Crippen molar-refractivity contribution < 1.29 is 14.3 Å². The molecule has 0 aliphatic heterocycles. The van der Waals surface area contributed by atoms with Crippen LogP contribution < -0.4 is 9.47 Å². The summed E-state index contributed by atoms with van der Waals surface area (Å²) >= 11 is 0. The molecule has 23 heavy (non-hydrogen) atoms. The van der Waals surface area contributed by atoms with Gasteiger partial charge in [-0.15, -0.1) is 0 Å². The van der Waals surface area contributed by atoms with Gasteiger partial charge in [-0.3, -0.25) is 4.79 Å². The van der Waals surface area contributed by atoms with Crippen LogP contribution in [0.1, 0.15) is 15.9 Å². The predicted octanol–water partition coefficient (Wildman–Crippen LogP) is 3.06. The van der Waals surface area contributed by atoms with Crippen LogP contribution in [-0.4, -0.2) is 45.0 Å². The van der Waals surface area contributed by atoms with Crippen LogP contribution in [0, 0.1) is 0 Å². The molecule has 122 valence electrons. The number of carbonyl (C=O) groups excluding carboxylic acids is 1. The van der Waals surface area contributed by atoms with Crippen molar-refractivity contribution in [2.45, 2.75) is 6.42 Å². The van der Waals surface area contributed by atoms with E-state index in [-0.39, 0.29) is 5.78 Å². The van der Waals surface area contributed by atoms with Gasteiger partial charge < -0.3 is 14.4 Å². The molecular weight excluding hydrogens is 290 g/mol. The van der Waals surface area contributed by atoms with Crippen LogP contribution in [-0.2, 0) is 6.42 Å². The minimum atomic E-state index is 0.0926. The van der Waals surface area contributed by atoms with Gasteiger partial charge in [0.2, 0.25) is 0 Å². The molecule has 0 radical (unpaired) electrons. The van der Waals surface area contributed by atoms with Gasteiger partial charge in [-0.2, -0.15) is 0 Å². The number of nitrogens with zero attached hydrogens (tertiary/aromatic N) is 1. The van der Waals surface area contributed by atoms with Crippen molar-refractivity contribution in [2.24, 2.45) is 0 Å². The van der Waals surface area contributed by atoms with Gasteiger partial charge in [0.05, 0.1) is 7.11 Å². The maximum Gasteiger partial charge on any atom is 0.167 e. The minimum Gasteiger partial charge on any atom is -0.497 e. The van der Waals surface area contributed by atoms with Gasteiger partial charge in [0.15, 0.2) is 5.78 Å². The first-order chi connectivity index (χ1) is 11.1. The fourth-order valence-electron chi connectivity index (χ4n) is 2.11. The van der Waals surface area contributed by atoms with Gasteiger partial charge in [0.25, 0.3) is 0 Å². The number of carbonyl (C=O) groups is 1. The van der Waals surface area contributed by atoms with E-state index in [9.17, 15) is 4.79 Å². The van der Waals surface area contributed by atoms with Crippen molar-refractivity contribution in [3.63, 3.8) is 0 Å². The molecule has 0 amide bonds. The van der Waals surface area contributed by atoms with Crippen molar-refractivity contribution >= 4 is 5.78 Å². The van der Waals surface area contributed by atoms with Crippen LogP contribution in [0.4, 0.5) is 0 Å². The Kier molecular flexibility index (Phi) is 6.18. The lowest BCUT2D eigenvalue weighted by atomic mass is 10.0. The highest BCUT2D eigenvalue weighted by Crippen LogP contribution is 2.16. The average molecular weight is 313 g/mol. The molecule has 2 aromatic rings. The number of Topliss-reactive ketones (excluding diaryl/α,β-unsaturated/α-hetero) is 1. The lowest BCUT2D eigenvalue weighted by Crippen LogP contribution is -2.19. The van der Waals surface area contributed by atoms with Crippen LogP contribution in [0.3, 0.4) is 0 Å². The van der Waals surface area contributed by atoms with Crippen LogP contribution in [0.5, 0.6) is 11.5 Å². The number of hydrogen-bond acceptors (Lipinski definition) is 4. The van der Waals surface area contributed by atoms with Crippen molar-refractivity contribution in [1.82, 2.24) is 4.90 Å². The number of benzene rings is 2.